The van der Waals surface area contributed by atoms with Crippen LogP contribution >= 0.6 is 0 Å². The predicted octanol–water partition coefficient (Wildman–Crippen LogP) is 3.67. The molecule has 0 saturated heterocycles. The van der Waals surface area contributed by atoms with E-state index in [1.54, 1.807) is 42.5 Å². The fourth-order valence-electron chi connectivity index (χ4n) is 2.02. The normalized spacial score (nSPS) is 13.8. The van der Waals surface area contributed by atoms with Gasteiger partial charge in [0.15, 0.2) is 0 Å². The fourth-order valence-corrected chi connectivity index (χ4v) is 3.08. The third-order valence-corrected chi connectivity index (χ3v) is 5.29. The third kappa shape index (κ3) is 5.41. The summed E-state index contributed by atoms with van der Waals surface area (Å²) < 4.78 is 35.0. The molecule has 0 bridgehead atoms. The van der Waals surface area contributed by atoms with Gasteiger partial charge in [0.05, 0.1) is 23.7 Å². The van der Waals surface area contributed by atoms with Crippen LogP contribution in [0.25, 0.3) is 0 Å². The van der Waals surface area contributed by atoms with E-state index in [0.29, 0.717) is 12.0 Å². The van der Waals surface area contributed by atoms with Crippen LogP contribution in [0.5, 0.6) is 0 Å². The number of hydrogen-bond donors (Lipinski definition) is 0. The minimum Gasteiger partial charge on any atom is -0.461 e. The molecule has 2 aromatic rings. The summed E-state index contributed by atoms with van der Waals surface area (Å²) in [4.78, 5) is 12.2. The first-order valence-corrected chi connectivity index (χ1v) is 9.44. The molecule has 0 aliphatic rings. The van der Waals surface area contributed by atoms with Crippen LogP contribution in [0.4, 0.5) is 0 Å². The number of ether oxygens (including phenoxy) is 1. The van der Waals surface area contributed by atoms with E-state index in [1.165, 1.54) is 12.1 Å². The quantitative estimate of drug-likeness (QED) is 0.529. The van der Waals surface area contributed by atoms with Gasteiger partial charge in [-0.05, 0) is 30.7 Å². The SMILES string of the molecule is CCC(C)(COC(=O)c1ccccc1)COS(=O)(=O)c1ccccc1. The molecule has 5 nitrogen and oxygen atoms in total. The minimum atomic E-state index is -3.83. The Kier molecular flexibility index (Phi) is 6.33. The molecule has 0 radical (unpaired) electrons. The second-order valence-electron chi connectivity index (χ2n) is 6.14. The van der Waals surface area contributed by atoms with E-state index in [1.807, 2.05) is 19.9 Å². The van der Waals surface area contributed by atoms with Crippen molar-refractivity contribution < 1.29 is 22.1 Å². The molecule has 0 saturated carbocycles. The minimum absolute atomic E-state index is 0.0667. The number of rotatable bonds is 8. The Balaban J connectivity index is 1.97. The van der Waals surface area contributed by atoms with Crippen LogP contribution < -0.4 is 0 Å². The van der Waals surface area contributed by atoms with Crippen molar-refractivity contribution in [2.45, 2.75) is 25.2 Å². The van der Waals surface area contributed by atoms with Gasteiger partial charge in [-0.3, -0.25) is 4.18 Å². The fraction of sp³-hybridized carbons (Fsp3) is 0.316. The Morgan fingerprint density at radius 2 is 1.52 bits per heavy atom. The van der Waals surface area contributed by atoms with E-state index in [9.17, 15) is 13.2 Å². The summed E-state index contributed by atoms with van der Waals surface area (Å²) >= 11 is 0. The lowest BCUT2D eigenvalue weighted by atomic mass is 9.90. The van der Waals surface area contributed by atoms with Crippen LogP contribution in [0.2, 0.25) is 0 Å². The van der Waals surface area contributed by atoms with Crippen LogP contribution in [0.3, 0.4) is 0 Å². The van der Waals surface area contributed by atoms with Gasteiger partial charge in [0, 0.05) is 5.41 Å². The van der Waals surface area contributed by atoms with Crippen LogP contribution in [0, 0.1) is 5.41 Å². The Morgan fingerprint density at radius 3 is 2.08 bits per heavy atom. The summed E-state index contributed by atoms with van der Waals surface area (Å²) in [6.07, 6.45) is 0.597. The van der Waals surface area contributed by atoms with Gasteiger partial charge in [0.1, 0.15) is 0 Å². The molecule has 1 atom stereocenters. The largest absolute Gasteiger partial charge is 0.461 e. The summed E-state index contributed by atoms with van der Waals surface area (Å²) in [5.41, 5.74) is -0.148. The summed E-state index contributed by atoms with van der Waals surface area (Å²) in [5.74, 6) is -0.439. The zero-order chi connectivity index (χ0) is 18.3. The van der Waals surface area contributed by atoms with Crippen LogP contribution in [0.1, 0.15) is 30.6 Å². The molecule has 0 aliphatic carbocycles. The van der Waals surface area contributed by atoms with Crippen LogP contribution in [0.15, 0.2) is 65.6 Å². The molecule has 0 spiro atoms. The van der Waals surface area contributed by atoms with E-state index >= 15 is 0 Å². The van der Waals surface area contributed by atoms with Crippen molar-refractivity contribution in [3.63, 3.8) is 0 Å². The van der Waals surface area contributed by atoms with Gasteiger partial charge in [-0.15, -0.1) is 0 Å². The number of esters is 1. The first-order valence-electron chi connectivity index (χ1n) is 8.03. The van der Waals surface area contributed by atoms with Gasteiger partial charge >= 0.3 is 5.97 Å². The first kappa shape index (κ1) is 19.1. The maximum absolute atomic E-state index is 12.2. The van der Waals surface area contributed by atoms with Gasteiger partial charge in [0.25, 0.3) is 10.1 Å². The van der Waals surface area contributed by atoms with Gasteiger partial charge in [-0.1, -0.05) is 50.2 Å². The molecule has 2 aromatic carbocycles. The average molecular weight is 362 g/mol. The number of hydrogen-bond acceptors (Lipinski definition) is 5. The standard InChI is InChI=1S/C19H22O5S/c1-3-19(2,14-23-18(20)16-10-6-4-7-11-16)15-24-25(21,22)17-12-8-5-9-13-17/h4-13H,3,14-15H2,1-2H3. The molecular weight excluding hydrogens is 340 g/mol. The third-order valence-electron chi connectivity index (χ3n) is 4.01. The molecular formula is C19H22O5S. The lowest BCUT2D eigenvalue weighted by molar-refractivity contribution is 0.0195. The summed E-state index contributed by atoms with van der Waals surface area (Å²) in [6, 6.07) is 16.6. The highest BCUT2D eigenvalue weighted by atomic mass is 32.2. The summed E-state index contributed by atoms with van der Waals surface area (Å²) in [7, 11) is -3.83. The molecule has 6 heteroatoms. The monoisotopic (exact) mass is 362 g/mol. The van der Waals surface area contributed by atoms with Crippen molar-refractivity contribution >= 4 is 16.1 Å². The van der Waals surface area contributed by atoms with E-state index < -0.39 is 21.5 Å². The molecule has 0 fully saturated rings. The van der Waals surface area contributed by atoms with Gasteiger partial charge in [-0.25, -0.2) is 4.79 Å². The molecule has 2 rings (SSSR count). The summed E-state index contributed by atoms with van der Waals surface area (Å²) in [5, 5.41) is 0. The van der Waals surface area contributed by atoms with E-state index in [2.05, 4.69) is 0 Å². The highest BCUT2D eigenvalue weighted by Gasteiger charge is 2.28. The topological polar surface area (TPSA) is 69.7 Å². The highest BCUT2D eigenvalue weighted by Crippen LogP contribution is 2.25. The smallest absolute Gasteiger partial charge is 0.338 e. The van der Waals surface area contributed by atoms with Crippen molar-refractivity contribution in [2.24, 2.45) is 5.41 Å². The second-order valence-corrected chi connectivity index (χ2v) is 7.75. The van der Waals surface area contributed by atoms with E-state index in [4.69, 9.17) is 8.92 Å². The van der Waals surface area contributed by atoms with Crippen LogP contribution in [-0.4, -0.2) is 27.6 Å². The average Bonchev–Trinajstić information content (AvgIpc) is 2.66. The maximum atomic E-state index is 12.2. The zero-order valence-electron chi connectivity index (χ0n) is 14.3. The van der Waals surface area contributed by atoms with Crippen molar-refractivity contribution in [3.8, 4) is 0 Å². The van der Waals surface area contributed by atoms with E-state index in [0.717, 1.165) is 0 Å². The first-order chi connectivity index (χ1) is 11.9. The second kappa shape index (κ2) is 8.27. The molecule has 0 amide bonds. The van der Waals surface area contributed by atoms with Crippen molar-refractivity contribution in [1.29, 1.82) is 0 Å². The Bertz CT molecular complexity index is 787. The predicted molar refractivity (Wildman–Crippen MR) is 94.7 cm³/mol. The van der Waals surface area contributed by atoms with Crippen molar-refractivity contribution in [3.05, 3.63) is 66.2 Å². The highest BCUT2D eigenvalue weighted by molar-refractivity contribution is 7.86. The van der Waals surface area contributed by atoms with Crippen LogP contribution in [-0.2, 0) is 19.0 Å². The summed E-state index contributed by atoms with van der Waals surface area (Å²) in [6.45, 7) is 3.73. The lowest BCUT2D eigenvalue weighted by Gasteiger charge is -2.27. The Morgan fingerprint density at radius 1 is 0.960 bits per heavy atom. The van der Waals surface area contributed by atoms with E-state index in [-0.39, 0.29) is 18.1 Å². The number of benzene rings is 2. The van der Waals surface area contributed by atoms with Gasteiger partial charge < -0.3 is 4.74 Å². The number of carbonyl (C=O) groups is 1. The Hall–Kier alpha value is -2.18. The molecule has 1 unspecified atom stereocenters. The molecule has 25 heavy (non-hydrogen) atoms. The zero-order valence-corrected chi connectivity index (χ0v) is 15.2. The maximum Gasteiger partial charge on any atom is 0.338 e. The molecule has 0 aromatic heterocycles. The Labute approximate surface area is 148 Å². The lowest BCUT2D eigenvalue weighted by Crippen LogP contribution is -2.31. The molecule has 134 valence electrons. The molecule has 0 aliphatic heterocycles. The van der Waals surface area contributed by atoms with Gasteiger partial charge in [-0.2, -0.15) is 8.42 Å². The van der Waals surface area contributed by atoms with Crippen molar-refractivity contribution in [2.75, 3.05) is 13.2 Å². The molecule has 0 heterocycles. The molecule has 0 N–H and O–H groups in total. The van der Waals surface area contributed by atoms with Gasteiger partial charge in [0.2, 0.25) is 0 Å². The number of carbonyl (C=O) groups excluding carboxylic acids is 1. The van der Waals surface area contributed by atoms with Crippen molar-refractivity contribution in [1.82, 2.24) is 0 Å².